The molecule has 5 heteroatoms. The highest BCUT2D eigenvalue weighted by Crippen LogP contribution is 2.12. The summed E-state index contributed by atoms with van der Waals surface area (Å²) in [6.07, 6.45) is -0.707. The molecule has 0 amide bonds. The summed E-state index contributed by atoms with van der Waals surface area (Å²) in [6.45, 7) is 3.87. The summed E-state index contributed by atoms with van der Waals surface area (Å²) in [7, 11) is 1.51. The van der Waals surface area contributed by atoms with Crippen molar-refractivity contribution < 1.29 is 23.0 Å². The predicted molar refractivity (Wildman–Crippen MR) is 48.5 cm³/mol. The van der Waals surface area contributed by atoms with E-state index < -0.39 is 12.5 Å². The third-order valence-electron chi connectivity index (χ3n) is 1.52. The Bertz CT molecular complexity index is 147. The molecule has 0 aromatic heterocycles. The van der Waals surface area contributed by atoms with Crippen LogP contribution >= 0.6 is 0 Å². The van der Waals surface area contributed by atoms with E-state index in [2.05, 4.69) is 0 Å². The maximum Gasteiger partial charge on any atom is 0.268 e. The molecule has 14 heavy (non-hydrogen) atoms. The summed E-state index contributed by atoms with van der Waals surface area (Å²) in [5.74, 6) is -2.79. The van der Waals surface area contributed by atoms with E-state index in [1.165, 1.54) is 7.11 Å². The van der Waals surface area contributed by atoms with Gasteiger partial charge in [0.05, 0.1) is 12.7 Å². The standard InChI is InChI=1S/C9H18F2O3/c1-7(5-13-8(2)12-4)14-6-9(3,10)11/h7-8H,5-6H2,1-4H3. The molecule has 86 valence electrons. The fourth-order valence-corrected chi connectivity index (χ4v) is 0.676. The first-order valence-electron chi connectivity index (χ1n) is 4.49. The average molecular weight is 212 g/mol. The van der Waals surface area contributed by atoms with Crippen molar-refractivity contribution in [1.29, 1.82) is 0 Å². The van der Waals surface area contributed by atoms with Crippen LogP contribution in [0.25, 0.3) is 0 Å². The molecular weight excluding hydrogens is 194 g/mol. The van der Waals surface area contributed by atoms with Gasteiger partial charge < -0.3 is 14.2 Å². The van der Waals surface area contributed by atoms with E-state index in [9.17, 15) is 8.78 Å². The molecule has 2 unspecified atom stereocenters. The van der Waals surface area contributed by atoms with Gasteiger partial charge in [-0.05, 0) is 13.8 Å². The normalized spacial score (nSPS) is 16.7. The molecule has 0 aromatic carbocycles. The van der Waals surface area contributed by atoms with Crippen molar-refractivity contribution >= 4 is 0 Å². The van der Waals surface area contributed by atoms with Crippen molar-refractivity contribution in [3.63, 3.8) is 0 Å². The minimum absolute atomic E-state index is 0.241. The van der Waals surface area contributed by atoms with E-state index >= 15 is 0 Å². The lowest BCUT2D eigenvalue weighted by atomic mass is 10.4. The van der Waals surface area contributed by atoms with Gasteiger partial charge in [-0.25, -0.2) is 8.78 Å². The first-order chi connectivity index (χ1) is 6.35. The minimum atomic E-state index is -2.79. The Kier molecular flexibility index (Phi) is 6.15. The second kappa shape index (κ2) is 6.27. The highest BCUT2D eigenvalue weighted by atomic mass is 19.3. The lowest BCUT2D eigenvalue weighted by Crippen LogP contribution is -2.27. The monoisotopic (exact) mass is 212 g/mol. The van der Waals surface area contributed by atoms with Crippen molar-refractivity contribution in [2.24, 2.45) is 0 Å². The molecule has 0 saturated carbocycles. The van der Waals surface area contributed by atoms with E-state index in [-0.39, 0.29) is 19.0 Å². The Balaban J connectivity index is 3.51. The molecule has 0 aliphatic carbocycles. The van der Waals surface area contributed by atoms with Gasteiger partial charge in [0, 0.05) is 14.0 Å². The smallest absolute Gasteiger partial charge is 0.268 e. The zero-order chi connectivity index (χ0) is 11.2. The van der Waals surface area contributed by atoms with Gasteiger partial charge in [0.2, 0.25) is 0 Å². The maximum atomic E-state index is 12.4. The number of methoxy groups -OCH3 is 1. The van der Waals surface area contributed by atoms with Crippen molar-refractivity contribution in [1.82, 2.24) is 0 Å². The van der Waals surface area contributed by atoms with Crippen molar-refractivity contribution in [3.05, 3.63) is 0 Å². The summed E-state index contributed by atoms with van der Waals surface area (Å²) < 4.78 is 39.5. The van der Waals surface area contributed by atoms with Crippen LogP contribution in [0.5, 0.6) is 0 Å². The van der Waals surface area contributed by atoms with Crippen molar-refractivity contribution in [2.45, 2.75) is 39.1 Å². The summed E-state index contributed by atoms with van der Waals surface area (Å²) in [6, 6.07) is 0. The maximum absolute atomic E-state index is 12.4. The summed E-state index contributed by atoms with van der Waals surface area (Å²) >= 11 is 0. The molecule has 0 aromatic rings. The largest absolute Gasteiger partial charge is 0.370 e. The molecule has 0 spiro atoms. The van der Waals surface area contributed by atoms with Gasteiger partial charge in [-0.15, -0.1) is 0 Å². The number of ether oxygens (including phenoxy) is 3. The van der Waals surface area contributed by atoms with Gasteiger partial charge in [-0.3, -0.25) is 0 Å². The second-order valence-electron chi connectivity index (χ2n) is 3.33. The predicted octanol–water partition coefficient (Wildman–Crippen LogP) is 2.06. The number of hydrogen-bond acceptors (Lipinski definition) is 3. The Labute approximate surface area is 83.3 Å². The lowest BCUT2D eigenvalue weighted by molar-refractivity contribution is -0.150. The van der Waals surface area contributed by atoms with Gasteiger partial charge in [0.25, 0.3) is 5.92 Å². The number of halogens is 2. The minimum Gasteiger partial charge on any atom is -0.370 e. The van der Waals surface area contributed by atoms with E-state index in [1.807, 2.05) is 0 Å². The average Bonchev–Trinajstić information content (AvgIpc) is 2.09. The Hall–Kier alpha value is -0.260. The summed E-state index contributed by atoms with van der Waals surface area (Å²) in [5, 5.41) is 0. The molecule has 0 fully saturated rings. The van der Waals surface area contributed by atoms with Crippen LogP contribution in [0.3, 0.4) is 0 Å². The molecule has 0 heterocycles. The number of alkyl halides is 2. The van der Waals surface area contributed by atoms with Crippen LogP contribution in [0.4, 0.5) is 8.78 Å². The van der Waals surface area contributed by atoms with E-state index in [4.69, 9.17) is 14.2 Å². The molecule has 2 atom stereocenters. The van der Waals surface area contributed by atoms with Crippen molar-refractivity contribution in [3.8, 4) is 0 Å². The topological polar surface area (TPSA) is 27.7 Å². The number of hydrogen-bond donors (Lipinski definition) is 0. The third-order valence-corrected chi connectivity index (χ3v) is 1.52. The van der Waals surface area contributed by atoms with Crippen LogP contribution in [0.1, 0.15) is 20.8 Å². The van der Waals surface area contributed by atoms with Crippen LogP contribution in [0, 0.1) is 0 Å². The van der Waals surface area contributed by atoms with Gasteiger partial charge in [-0.2, -0.15) is 0 Å². The zero-order valence-corrected chi connectivity index (χ0v) is 9.05. The van der Waals surface area contributed by atoms with Gasteiger partial charge >= 0.3 is 0 Å². The first-order valence-corrected chi connectivity index (χ1v) is 4.49. The van der Waals surface area contributed by atoms with Crippen LogP contribution in [0.15, 0.2) is 0 Å². The quantitative estimate of drug-likeness (QED) is 0.604. The van der Waals surface area contributed by atoms with Crippen LogP contribution in [-0.2, 0) is 14.2 Å². The molecule has 0 radical (unpaired) electrons. The lowest BCUT2D eigenvalue weighted by Gasteiger charge is -2.18. The molecule has 0 bridgehead atoms. The molecular formula is C9H18F2O3. The number of rotatable bonds is 7. The van der Waals surface area contributed by atoms with Crippen LogP contribution < -0.4 is 0 Å². The van der Waals surface area contributed by atoms with Gasteiger partial charge in [0.15, 0.2) is 6.29 Å². The fourth-order valence-electron chi connectivity index (χ4n) is 0.676. The van der Waals surface area contributed by atoms with E-state index in [1.54, 1.807) is 13.8 Å². The zero-order valence-electron chi connectivity index (χ0n) is 9.05. The van der Waals surface area contributed by atoms with Crippen molar-refractivity contribution in [2.75, 3.05) is 20.3 Å². The highest BCUT2D eigenvalue weighted by molar-refractivity contribution is 4.57. The highest BCUT2D eigenvalue weighted by Gasteiger charge is 2.22. The van der Waals surface area contributed by atoms with E-state index in [0.717, 1.165) is 6.92 Å². The molecule has 0 rings (SSSR count). The summed E-state index contributed by atoms with van der Waals surface area (Å²) in [4.78, 5) is 0. The summed E-state index contributed by atoms with van der Waals surface area (Å²) in [5.41, 5.74) is 0. The van der Waals surface area contributed by atoms with Gasteiger partial charge in [0.1, 0.15) is 6.61 Å². The molecule has 0 aliphatic rings. The molecule has 0 aliphatic heterocycles. The Morgan fingerprint density at radius 1 is 1.21 bits per heavy atom. The second-order valence-corrected chi connectivity index (χ2v) is 3.33. The fraction of sp³-hybridized carbons (Fsp3) is 1.00. The molecule has 0 N–H and O–H groups in total. The first kappa shape index (κ1) is 13.7. The molecule has 3 nitrogen and oxygen atoms in total. The van der Waals surface area contributed by atoms with Gasteiger partial charge in [-0.1, -0.05) is 0 Å². The molecule has 0 saturated heterocycles. The van der Waals surface area contributed by atoms with E-state index in [0.29, 0.717) is 0 Å². The third kappa shape index (κ3) is 8.34. The van der Waals surface area contributed by atoms with Crippen LogP contribution in [-0.4, -0.2) is 38.6 Å². The Morgan fingerprint density at radius 3 is 2.21 bits per heavy atom. The van der Waals surface area contributed by atoms with Crippen LogP contribution in [0.2, 0.25) is 0 Å². The Morgan fingerprint density at radius 2 is 1.79 bits per heavy atom. The SMILES string of the molecule is COC(C)OCC(C)OCC(C)(F)F.